The monoisotopic (exact) mass is 367 g/mol. The smallest absolute Gasteiger partial charge is 0.341 e. The molecular formula is C18H14FN5O3. The molecule has 0 saturated carbocycles. The van der Waals surface area contributed by atoms with E-state index in [-0.39, 0.29) is 22.9 Å². The van der Waals surface area contributed by atoms with E-state index in [1.165, 1.54) is 30.3 Å². The van der Waals surface area contributed by atoms with Crippen molar-refractivity contribution in [2.75, 3.05) is 10.6 Å². The first-order chi connectivity index (χ1) is 12.9. The van der Waals surface area contributed by atoms with Gasteiger partial charge in [-0.15, -0.1) is 0 Å². The van der Waals surface area contributed by atoms with Gasteiger partial charge in [-0.2, -0.15) is 4.98 Å². The number of para-hydroxylation sites is 1. The van der Waals surface area contributed by atoms with Crippen molar-refractivity contribution in [3.63, 3.8) is 0 Å². The number of rotatable bonds is 6. The number of halogens is 1. The lowest BCUT2D eigenvalue weighted by Crippen LogP contribution is -2.14. The maximum Gasteiger partial charge on any atom is 0.341 e. The molecule has 5 N–H and O–H groups in total. The largest absolute Gasteiger partial charge is 0.477 e. The number of benzene rings is 2. The number of carbonyl (C=O) groups excluding carboxylic acids is 1. The fourth-order valence-electron chi connectivity index (χ4n) is 2.29. The number of hydrogen-bond acceptors (Lipinski definition) is 6. The summed E-state index contributed by atoms with van der Waals surface area (Å²) in [5, 5.41) is 15.0. The Morgan fingerprint density at radius 3 is 2.37 bits per heavy atom. The minimum absolute atomic E-state index is 0.0317. The van der Waals surface area contributed by atoms with Gasteiger partial charge in [-0.3, -0.25) is 4.79 Å². The van der Waals surface area contributed by atoms with E-state index in [1.807, 2.05) is 0 Å². The van der Waals surface area contributed by atoms with Crippen LogP contribution < -0.4 is 16.4 Å². The predicted octanol–water partition coefficient (Wildman–Crippen LogP) is 2.90. The summed E-state index contributed by atoms with van der Waals surface area (Å²) >= 11 is 0. The standard InChI is InChI=1S/C18H14FN5O3/c19-10-5-7-11(8-6-10)22-18-21-9-13(17(26)27)16(24-18)23-14-4-2-1-3-12(14)15(20)25/h1-9H,(H2,20,25)(H,26,27)(H2,21,22,23,24). The lowest BCUT2D eigenvalue weighted by molar-refractivity contribution is 0.0697. The van der Waals surface area contributed by atoms with Crippen LogP contribution in [0.3, 0.4) is 0 Å². The average Bonchev–Trinajstić information content (AvgIpc) is 2.64. The molecule has 9 heteroatoms. The Hall–Kier alpha value is -4.01. The number of carboxylic acid groups (broad SMARTS) is 1. The van der Waals surface area contributed by atoms with Crippen molar-refractivity contribution >= 4 is 35.0 Å². The third-order valence-corrected chi connectivity index (χ3v) is 3.57. The lowest BCUT2D eigenvalue weighted by Gasteiger charge is -2.13. The van der Waals surface area contributed by atoms with E-state index in [0.717, 1.165) is 6.20 Å². The number of amides is 1. The zero-order valence-electron chi connectivity index (χ0n) is 13.8. The van der Waals surface area contributed by atoms with Crippen molar-refractivity contribution in [1.82, 2.24) is 9.97 Å². The molecule has 0 atom stereocenters. The molecule has 136 valence electrons. The minimum Gasteiger partial charge on any atom is -0.477 e. The van der Waals surface area contributed by atoms with Crippen LogP contribution in [0.25, 0.3) is 0 Å². The number of anilines is 4. The Balaban J connectivity index is 1.96. The van der Waals surface area contributed by atoms with Crippen molar-refractivity contribution < 1.29 is 19.1 Å². The number of nitrogens with zero attached hydrogens (tertiary/aromatic N) is 2. The van der Waals surface area contributed by atoms with Crippen molar-refractivity contribution in [3.05, 3.63) is 71.7 Å². The quantitative estimate of drug-likeness (QED) is 0.527. The van der Waals surface area contributed by atoms with E-state index in [1.54, 1.807) is 18.2 Å². The van der Waals surface area contributed by atoms with Crippen molar-refractivity contribution in [2.45, 2.75) is 0 Å². The SMILES string of the molecule is NC(=O)c1ccccc1Nc1nc(Nc2ccc(F)cc2)ncc1C(=O)O. The number of carboxylic acids is 1. The number of hydrogen-bond donors (Lipinski definition) is 4. The summed E-state index contributed by atoms with van der Waals surface area (Å²) in [4.78, 5) is 31.1. The third kappa shape index (κ3) is 4.15. The molecule has 2 aromatic carbocycles. The molecule has 3 rings (SSSR count). The van der Waals surface area contributed by atoms with Crippen LogP contribution in [0.15, 0.2) is 54.7 Å². The first kappa shape index (κ1) is 17.8. The van der Waals surface area contributed by atoms with Crippen LogP contribution in [-0.4, -0.2) is 27.0 Å². The van der Waals surface area contributed by atoms with Crippen LogP contribution in [0.2, 0.25) is 0 Å². The Kier molecular flexibility index (Phi) is 4.93. The molecule has 3 aromatic rings. The average molecular weight is 367 g/mol. The lowest BCUT2D eigenvalue weighted by atomic mass is 10.1. The van der Waals surface area contributed by atoms with Crippen LogP contribution in [0.1, 0.15) is 20.7 Å². The molecule has 0 spiro atoms. The molecule has 27 heavy (non-hydrogen) atoms. The molecule has 0 radical (unpaired) electrons. The van der Waals surface area contributed by atoms with Gasteiger partial charge in [0.15, 0.2) is 5.82 Å². The third-order valence-electron chi connectivity index (χ3n) is 3.57. The number of carbonyl (C=O) groups is 2. The summed E-state index contributed by atoms with van der Waals surface area (Å²) in [5.74, 6) is -2.26. The second kappa shape index (κ2) is 7.48. The van der Waals surface area contributed by atoms with Crippen molar-refractivity contribution in [2.24, 2.45) is 5.73 Å². The van der Waals surface area contributed by atoms with Crippen LogP contribution in [0, 0.1) is 5.82 Å². The fraction of sp³-hybridized carbons (Fsp3) is 0. The molecule has 0 aliphatic carbocycles. The Morgan fingerprint density at radius 1 is 1.00 bits per heavy atom. The Labute approximate surface area is 152 Å². The van der Waals surface area contributed by atoms with E-state index in [0.29, 0.717) is 11.4 Å². The van der Waals surface area contributed by atoms with Gasteiger partial charge in [0.25, 0.3) is 5.91 Å². The van der Waals surface area contributed by atoms with Crippen LogP contribution in [0.4, 0.5) is 27.5 Å². The number of aromatic carboxylic acids is 1. The van der Waals surface area contributed by atoms with Crippen LogP contribution >= 0.6 is 0 Å². The second-order valence-electron chi connectivity index (χ2n) is 5.43. The summed E-state index contributed by atoms with van der Waals surface area (Å²) in [6.45, 7) is 0. The van der Waals surface area contributed by atoms with Gasteiger partial charge in [-0.1, -0.05) is 12.1 Å². The van der Waals surface area contributed by atoms with Gasteiger partial charge in [0.05, 0.1) is 11.3 Å². The zero-order chi connectivity index (χ0) is 19.4. The summed E-state index contributed by atoms with van der Waals surface area (Å²) in [6, 6.07) is 11.9. The normalized spacial score (nSPS) is 10.3. The molecular weight excluding hydrogens is 353 g/mol. The van der Waals surface area contributed by atoms with Gasteiger partial charge in [0.2, 0.25) is 5.95 Å². The van der Waals surface area contributed by atoms with Crippen LogP contribution in [-0.2, 0) is 0 Å². The Morgan fingerprint density at radius 2 is 1.70 bits per heavy atom. The van der Waals surface area contributed by atoms with Gasteiger partial charge in [-0.25, -0.2) is 14.2 Å². The molecule has 0 bridgehead atoms. The summed E-state index contributed by atoms with van der Waals surface area (Å²) in [7, 11) is 0. The van der Waals surface area contributed by atoms with Crippen LogP contribution in [0.5, 0.6) is 0 Å². The molecule has 0 saturated heterocycles. The van der Waals surface area contributed by atoms with Crippen molar-refractivity contribution in [3.8, 4) is 0 Å². The van der Waals surface area contributed by atoms with Gasteiger partial charge in [-0.05, 0) is 36.4 Å². The maximum absolute atomic E-state index is 13.0. The number of aromatic nitrogens is 2. The number of nitrogens with two attached hydrogens (primary N) is 1. The zero-order valence-corrected chi connectivity index (χ0v) is 13.8. The highest BCUT2D eigenvalue weighted by molar-refractivity contribution is 6.00. The van der Waals surface area contributed by atoms with E-state index < -0.39 is 17.7 Å². The van der Waals surface area contributed by atoms with E-state index in [9.17, 15) is 19.1 Å². The first-order valence-corrected chi connectivity index (χ1v) is 7.73. The van der Waals surface area contributed by atoms with Gasteiger partial charge in [0, 0.05) is 11.9 Å². The molecule has 0 aliphatic heterocycles. The highest BCUT2D eigenvalue weighted by Crippen LogP contribution is 2.24. The maximum atomic E-state index is 13.0. The predicted molar refractivity (Wildman–Crippen MR) is 96.9 cm³/mol. The molecule has 1 aromatic heterocycles. The summed E-state index contributed by atoms with van der Waals surface area (Å²) in [6.07, 6.45) is 1.12. The molecule has 0 aliphatic rings. The van der Waals surface area contributed by atoms with E-state index in [4.69, 9.17) is 5.73 Å². The number of primary amides is 1. The van der Waals surface area contributed by atoms with Gasteiger partial charge < -0.3 is 21.5 Å². The minimum atomic E-state index is -1.25. The molecule has 0 unspecified atom stereocenters. The van der Waals surface area contributed by atoms with E-state index >= 15 is 0 Å². The van der Waals surface area contributed by atoms with Gasteiger partial charge in [0.1, 0.15) is 11.4 Å². The summed E-state index contributed by atoms with van der Waals surface area (Å²) in [5.41, 5.74) is 6.15. The number of nitrogens with one attached hydrogen (secondary N) is 2. The summed E-state index contributed by atoms with van der Waals surface area (Å²) < 4.78 is 13.0. The fourth-order valence-corrected chi connectivity index (χ4v) is 2.29. The second-order valence-corrected chi connectivity index (χ2v) is 5.43. The van der Waals surface area contributed by atoms with Gasteiger partial charge >= 0.3 is 5.97 Å². The topological polar surface area (TPSA) is 130 Å². The molecule has 1 heterocycles. The first-order valence-electron chi connectivity index (χ1n) is 7.73. The molecule has 0 fully saturated rings. The van der Waals surface area contributed by atoms with Crippen molar-refractivity contribution in [1.29, 1.82) is 0 Å². The highest BCUT2D eigenvalue weighted by atomic mass is 19.1. The van der Waals surface area contributed by atoms with E-state index in [2.05, 4.69) is 20.6 Å². The molecule has 8 nitrogen and oxygen atoms in total. The Bertz CT molecular complexity index is 1010. The highest BCUT2D eigenvalue weighted by Gasteiger charge is 2.16. The molecule has 1 amide bonds.